The van der Waals surface area contributed by atoms with Crippen molar-refractivity contribution in [3.05, 3.63) is 0 Å². The molecule has 88 valence electrons. The summed E-state index contributed by atoms with van der Waals surface area (Å²) in [5, 5.41) is 11.1. The Balaban J connectivity index is 4.16. The Morgan fingerprint density at radius 3 is 2.47 bits per heavy atom. The third kappa shape index (κ3) is 5.34. The largest absolute Gasteiger partial charge is 0.481 e. The fraction of sp³-hybridized carbons (Fsp3) is 0.778. The zero-order valence-electron chi connectivity index (χ0n) is 9.03. The SMILES string of the molecule is CCC(CC(=O)O)NC(=O)C(CN)OC. The number of amides is 1. The highest BCUT2D eigenvalue weighted by Crippen LogP contribution is 1.99. The zero-order chi connectivity index (χ0) is 11.8. The van der Waals surface area contributed by atoms with Gasteiger partial charge in [-0.3, -0.25) is 9.59 Å². The first-order valence-corrected chi connectivity index (χ1v) is 4.80. The van der Waals surface area contributed by atoms with Gasteiger partial charge in [0.25, 0.3) is 5.91 Å². The number of carboxylic acid groups (broad SMARTS) is 1. The number of carboxylic acids is 1. The van der Waals surface area contributed by atoms with Crippen molar-refractivity contribution < 1.29 is 19.4 Å². The maximum absolute atomic E-state index is 11.4. The van der Waals surface area contributed by atoms with Crippen molar-refractivity contribution in [2.75, 3.05) is 13.7 Å². The Morgan fingerprint density at radius 1 is 1.53 bits per heavy atom. The molecule has 0 radical (unpaired) electrons. The molecule has 0 aromatic heterocycles. The number of nitrogens with two attached hydrogens (primary N) is 1. The summed E-state index contributed by atoms with van der Waals surface area (Å²) in [4.78, 5) is 21.9. The van der Waals surface area contributed by atoms with Crippen molar-refractivity contribution in [1.82, 2.24) is 5.32 Å². The first-order valence-electron chi connectivity index (χ1n) is 4.80. The molecule has 2 atom stereocenters. The molecular weight excluding hydrogens is 200 g/mol. The number of methoxy groups -OCH3 is 1. The lowest BCUT2D eigenvalue weighted by atomic mass is 10.1. The van der Waals surface area contributed by atoms with Gasteiger partial charge >= 0.3 is 5.97 Å². The molecule has 0 saturated carbocycles. The van der Waals surface area contributed by atoms with E-state index in [1.54, 1.807) is 6.92 Å². The number of rotatable bonds is 7. The summed E-state index contributed by atoms with van der Waals surface area (Å²) in [6.07, 6.45) is -0.254. The lowest BCUT2D eigenvalue weighted by Crippen LogP contribution is -2.45. The van der Waals surface area contributed by atoms with E-state index >= 15 is 0 Å². The van der Waals surface area contributed by atoms with Gasteiger partial charge in [0.1, 0.15) is 6.10 Å². The van der Waals surface area contributed by atoms with E-state index in [2.05, 4.69) is 5.32 Å². The number of nitrogens with one attached hydrogen (secondary N) is 1. The van der Waals surface area contributed by atoms with Crippen LogP contribution in [0.25, 0.3) is 0 Å². The summed E-state index contributed by atoms with van der Waals surface area (Å²) in [7, 11) is 1.38. The van der Waals surface area contributed by atoms with Crippen LogP contribution in [0.15, 0.2) is 0 Å². The van der Waals surface area contributed by atoms with E-state index in [4.69, 9.17) is 15.6 Å². The maximum Gasteiger partial charge on any atom is 0.305 e. The number of hydrogen-bond donors (Lipinski definition) is 3. The van der Waals surface area contributed by atoms with Gasteiger partial charge < -0.3 is 20.9 Å². The second kappa shape index (κ2) is 7.19. The minimum absolute atomic E-state index is 0.0752. The van der Waals surface area contributed by atoms with Crippen LogP contribution >= 0.6 is 0 Å². The van der Waals surface area contributed by atoms with Crippen LogP contribution in [-0.4, -0.2) is 42.8 Å². The standard InChI is InChI=1S/C9H18N2O4/c1-3-6(4-8(12)13)11-9(14)7(5-10)15-2/h6-7H,3-5,10H2,1-2H3,(H,11,14)(H,12,13). The van der Waals surface area contributed by atoms with E-state index in [9.17, 15) is 9.59 Å². The number of hydrogen-bond acceptors (Lipinski definition) is 4. The van der Waals surface area contributed by atoms with Gasteiger partial charge in [-0.2, -0.15) is 0 Å². The predicted molar refractivity (Wildman–Crippen MR) is 54.3 cm³/mol. The molecule has 2 unspecified atom stereocenters. The first kappa shape index (κ1) is 13.9. The minimum Gasteiger partial charge on any atom is -0.481 e. The molecule has 6 heteroatoms. The van der Waals surface area contributed by atoms with Crippen molar-refractivity contribution in [1.29, 1.82) is 0 Å². The lowest BCUT2D eigenvalue weighted by Gasteiger charge is -2.18. The summed E-state index contributed by atoms with van der Waals surface area (Å²) in [6.45, 7) is 1.88. The first-order chi connectivity index (χ1) is 7.04. The fourth-order valence-electron chi connectivity index (χ4n) is 1.11. The Hall–Kier alpha value is -1.14. The molecule has 0 heterocycles. The lowest BCUT2D eigenvalue weighted by molar-refractivity contribution is -0.138. The second-order valence-corrected chi connectivity index (χ2v) is 3.17. The van der Waals surface area contributed by atoms with E-state index in [0.717, 1.165) is 0 Å². The van der Waals surface area contributed by atoms with Gasteiger partial charge in [0.2, 0.25) is 0 Å². The molecule has 0 aromatic rings. The van der Waals surface area contributed by atoms with E-state index in [-0.39, 0.29) is 24.9 Å². The molecule has 0 aliphatic carbocycles. The predicted octanol–water partition coefficient (Wildman–Crippen LogP) is -0.670. The van der Waals surface area contributed by atoms with Crippen LogP contribution in [-0.2, 0) is 14.3 Å². The Kier molecular flexibility index (Phi) is 6.64. The third-order valence-electron chi connectivity index (χ3n) is 2.05. The molecule has 0 rings (SSSR count). The van der Waals surface area contributed by atoms with Gasteiger partial charge in [-0.05, 0) is 6.42 Å². The summed E-state index contributed by atoms with van der Waals surface area (Å²) >= 11 is 0. The maximum atomic E-state index is 11.4. The number of carbonyl (C=O) groups excluding carboxylic acids is 1. The van der Waals surface area contributed by atoms with Crippen molar-refractivity contribution in [3.8, 4) is 0 Å². The van der Waals surface area contributed by atoms with Crippen molar-refractivity contribution in [2.24, 2.45) is 5.73 Å². The molecule has 6 nitrogen and oxygen atoms in total. The van der Waals surface area contributed by atoms with Gasteiger partial charge in [-0.25, -0.2) is 0 Å². The van der Waals surface area contributed by atoms with Gasteiger partial charge in [0, 0.05) is 19.7 Å². The molecule has 0 saturated heterocycles. The van der Waals surface area contributed by atoms with Crippen LogP contribution in [0.5, 0.6) is 0 Å². The summed E-state index contributed by atoms with van der Waals surface area (Å²) in [5.74, 6) is -1.31. The van der Waals surface area contributed by atoms with Crippen LogP contribution in [0.3, 0.4) is 0 Å². The van der Waals surface area contributed by atoms with Crippen molar-refractivity contribution in [3.63, 3.8) is 0 Å². The van der Waals surface area contributed by atoms with E-state index in [1.807, 2.05) is 0 Å². The summed E-state index contributed by atoms with van der Waals surface area (Å²) in [5.41, 5.74) is 5.30. The smallest absolute Gasteiger partial charge is 0.305 e. The topological polar surface area (TPSA) is 102 Å². The highest BCUT2D eigenvalue weighted by molar-refractivity contribution is 5.82. The summed E-state index contributed by atoms with van der Waals surface area (Å²) < 4.78 is 4.83. The average Bonchev–Trinajstić information content (AvgIpc) is 2.17. The van der Waals surface area contributed by atoms with Crippen LogP contribution in [0.1, 0.15) is 19.8 Å². The van der Waals surface area contributed by atoms with Crippen LogP contribution < -0.4 is 11.1 Å². The Labute approximate surface area is 88.8 Å². The van der Waals surface area contributed by atoms with Crippen LogP contribution in [0, 0.1) is 0 Å². The molecule has 0 fully saturated rings. The highest BCUT2D eigenvalue weighted by Gasteiger charge is 2.20. The zero-order valence-corrected chi connectivity index (χ0v) is 9.03. The van der Waals surface area contributed by atoms with E-state index < -0.39 is 12.1 Å². The van der Waals surface area contributed by atoms with Crippen LogP contribution in [0.4, 0.5) is 0 Å². The Morgan fingerprint density at radius 2 is 2.13 bits per heavy atom. The molecular formula is C9H18N2O4. The minimum atomic E-state index is -0.941. The van der Waals surface area contributed by atoms with Gasteiger partial charge in [-0.15, -0.1) is 0 Å². The van der Waals surface area contributed by atoms with Crippen molar-refractivity contribution in [2.45, 2.75) is 31.9 Å². The quantitative estimate of drug-likeness (QED) is 0.526. The Bertz CT molecular complexity index is 216. The molecule has 1 amide bonds. The molecule has 4 N–H and O–H groups in total. The van der Waals surface area contributed by atoms with Gasteiger partial charge in [0.15, 0.2) is 0 Å². The fourth-order valence-corrected chi connectivity index (χ4v) is 1.11. The number of ether oxygens (including phenoxy) is 1. The van der Waals surface area contributed by atoms with E-state index in [0.29, 0.717) is 6.42 Å². The van der Waals surface area contributed by atoms with Gasteiger partial charge in [0.05, 0.1) is 6.42 Å². The molecule has 0 aromatic carbocycles. The second-order valence-electron chi connectivity index (χ2n) is 3.17. The third-order valence-corrected chi connectivity index (χ3v) is 2.05. The highest BCUT2D eigenvalue weighted by atomic mass is 16.5. The monoisotopic (exact) mass is 218 g/mol. The molecule has 15 heavy (non-hydrogen) atoms. The molecule has 0 aliphatic rings. The average molecular weight is 218 g/mol. The molecule has 0 aliphatic heterocycles. The molecule has 0 spiro atoms. The number of aliphatic carboxylic acids is 1. The van der Waals surface area contributed by atoms with E-state index in [1.165, 1.54) is 7.11 Å². The van der Waals surface area contributed by atoms with Gasteiger partial charge in [-0.1, -0.05) is 6.92 Å². The molecule has 0 bridgehead atoms. The van der Waals surface area contributed by atoms with Crippen LogP contribution in [0.2, 0.25) is 0 Å². The normalized spacial score (nSPS) is 14.3. The van der Waals surface area contributed by atoms with Crippen molar-refractivity contribution >= 4 is 11.9 Å². The number of carbonyl (C=O) groups is 2. The summed E-state index contributed by atoms with van der Waals surface area (Å²) in [6, 6.07) is -0.376.